The zero-order chi connectivity index (χ0) is 12.4. The van der Waals surface area contributed by atoms with Gasteiger partial charge in [0.15, 0.2) is 0 Å². The summed E-state index contributed by atoms with van der Waals surface area (Å²) >= 11 is 3.44. The molecular formula is C14H11BrF2. The molecule has 0 saturated heterocycles. The fourth-order valence-corrected chi connectivity index (χ4v) is 2.34. The SMILES string of the molecule is Cc1cccc(C(Br)c2ccc(F)cc2)c1F. The molecule has 0 fully saturated rings. The average molecular weight is 297 g/mol. The summed E-state index contributed by atoms with van der Waals surface area (Å²) in [5.41, 5.74) is 2.00. The number of hydrogen-bond acceptors (Lipinski definition) is 0. The molecule has 0 radical (unpaired) electrons. The highest BCUT2D eigenvalue weighted by molar-refractivity contribution is 9.09. The third-order valence-corrected chi connectivity index (χ3v) is 3.68. The van der Waals surface area contributed by atoms with Crippen LogP contribution in [0.3, 0.4) is 0 Å². The zero-order valence-electron chi connectivity index (χ0n) is 9.25. The minimum atomic E-state index is -0.293. The molecule has 0 aliphatic heterocycles. The van der Waals surface area contributed by atoms with Gasteiger partial charge in [-0.1, -0.05) is 46.3 Å². The van der Waals surface area contributed by atoms with E-state index in [1.54, 1.807) is 31.2 Å². The van der Waals surface area contributed by atoms with Gasteiger partial charge in [-0.05, 0) is 30.2 Å². The van der Waals surface area contributed by atoms with Crippen LogP contribution in [-0.4, -0.2) is 0 Å². The fourth-order valence-electron chi connectivity index (χ4n) is 1.68. The van der Waals surface area contributed by atoms with E-state index in [9.17, 15) is 8.78 Å². The number of hydrogen-bond donors (Lipinski definition) is 0. The van der Waals surface area contributed by atoms with Gasteiger partial charge in [-0.2, -0.15) is 0 Å². The molecule has 1 unspecified atom stereocenters. The molecule has 2 rings (SSSR count). The second-order valence-corrected chi connectivity index (χ2v) is 4.81. The Labute approximate surface area is 107 Å². The smallest absolute Gasteiger partial charge is 0.130 e. The summed E-state index contributed by atoms with van der Waals surface area (Å²) in [5, 5.41) is 0. The van der Waals surface area contributed by atoms with Crippen LogP contribution < -0.4 is 0 Å². The van der Waals surface area contributed by atoms with Gasteiger partial charge in [-0.25, -0.2) is 8.78 Å². The molecule has 0 saturated carbocycles. The minimum Gasteiger partial charge on any atom is -0.207 e. The van der Waals surface area contributed by atoms with E-state index in [-0.39, 0.29) is 16.5 Å². The number of alkyl halides is 1. The molecule has 3 heteroatoms. The molecule has 2 aromatic rings. The number of aryl methyl sites for hydroxylation is 1. The van der Waals surface area contributed by atoms with Crippen LogP contribution in [0.1, 0.15) is 21.5 Å². The fraction of sp³-hybridized carbons (Fsp3) is 0.143. The van der Waals surface area contributed by atoms with E-state index in [0.29, 0.717) is 11.1 Å². The molecule has 0 N–H and O–H groups in total. The first-order chi connectivity index (χ1) is 8.09. The Bertz CT molecular complexity index is 520. The summed E-state index contributed by atoms with van der Waals surface area (Å²) in [6, 6.07) is 11.3. The maximum absolute atomic E-state index is 13.9. The molecule has 1 atom stereocenters. The molecule has 0 aliphatic carbocycles. The highest BCUT2D eigenvalue weighted by atomic mass is 79.9. The van der Waals surface area contributed by atoms with Gasteiger partial charge in [-0.3, -0.25) is 0 Å². The van der Waals surface area contributed by atoms with Crippen molar-refractivity contribution in [3.63, 3.8) is 0 Å². The maximum atomic E-state index is 13.9. The maximum Gasteiger partial charge on any atom is 0.130 e. The first-order valence-corrected chi connectivity index (χ1v) is 6.15. The lowest BCUT2D eigenvalue weighted by Crippen LogP contribution is -1.98. The van der Waals surface area contributed by atoms with Crippen LogP contribution in [0.2, 0.25) is 0 Å². The summed E-state index contributed by atoms with van der Waals surface area (Å²) in [5.74, 6) is -0.517. The van der Waals surface area contributed by atoms with Crippen molar-refractivity contribution in [1.29, 1.82) is 0 Å². The van der Waals surface area contributed by atoms with E-state index in [4.69, 9.17) is 0 Å². The van der Waals surface area contributed by atoms with Gasteiger partial charge >= 0.3 is 0 Å². The van der Waals surface area contributed by atoms with Gasteiger partial charge in [0.1, 0.15) is 11.6 Å². The Balaban J connectivity index is 2.40. The number of rotatable bonds is 2. The number of halogens is 3. The molecule has 2 aromatic carbocycles. The van der Waals surface area contributed by atoms with Crippen LogP contribution in [0, 0.1) is 18.6 Å². The van der Waals surface area contributed by atoms with Crippen molar-refractivity contribution in [2.45, 2.75) is 11.8 Å². The molecule has 0 spiro atoms. The van der Waals surface area contributed by atoms with Crippen molar-refractivity contribution < 1.29 is 8.78 Å². The number of benzene rings is 2. The van der Waals surface area contributed by atoms with E-state index in [1.165, 1.54) is 12.1 Å². The minimum absolute atomic E-state index is 0.223. The van der Waals surface area contributed by atoms with E-state index in [0.717, 1.165) is 5.56 Å². The second kappa shape index (κ2) is 4.96. The Morgan fingerprint density at radius 3 is 2.29 bits per heavy atom. The first-order valence-electron chi connectivity index (χ1n) is 5.24. The third-order valence-electron chi connectivity index (χ3n) is 2.66. The predicted octanol–water partition coefficient (Wildman–Crippen LogP) is 4.76. The van der Waals surface area contributed by atoms with Gasteiger partial charge in [0, 0.05) is 5.56 Å². The molecule has 0 amide bonds. The third kappa shape index (κ3) is 2.55. The Morgan fingerprint density at radius 2 is 1.65 bits per heavy atom. The lowest BCUT2D eigenvalue weighted by atomic mass is 10.0. The van der Waals surface area contributed by atoms with E-state index in [2.05, 4.69) is 15.9 Å². The second-order valence-electron chi connectivity index (χ2n) is 3.89. The van der Waals surface area contributed by atoms with Crippen LogP contribution in [0.4, 0.5) is 8.78 Å². The standard InChI is InChI=1S/C14H11BrF2/c1-9-3-2-4-12(14(9)17)13(15)10-5-7-11(16)8-6-10/h2-8,13H,1H3. The summed E-state index contributed by atoms with van der Waals surface area (Å²) in [6.45, 7) is 1.73. The molecular weight excluding hydrogens is 286 g/mol. The molecule has 0 aromatic heterocycles. The van der Waals surface area contributed by atoms with Crippen molar-refractivity contribution in [2.24, 2.45) is 0 Å². The summed E-state index contributed by atoms with van der Waals surface area (Å²) in [4.78, 5) is -0.261. The lowest BCUT2D eigenvalue weighted by molar-refractivity contribution is 0.604. The molecule has 88 valence electrons. The van der Waals surface area contributed by atoms with Gasteiger partial charge in [-0.15, -0.1) is 0 Å². The van der Waals surface area contributed by atoms with Gasteiger partial charge in [0.2, 0.25) is 0 Å². The van der Waals surface area contributed by atoms with E-state index in [1.807, 2.05) is 6.07 Å². The van der Waals surface area contributed by atoms with Crippen LogP contribution in [0.25, 0.3) is 0 Å². The van der Waals surface area contributed by atoms with Crippen LogP contribution in [-0.2, 0) is 0 Å². The van der Waals surface area contributed by atoms with Crippen molar-refractivity contribution >= 4 is 15.9 Å². The highest BCUT2D eigenvalue weighted by Gasteiger charge is 2.15. The van der Waals surface area contributed by atoms with Gasteiger partial charge in [0.05, 0.1) is 4.83 Å². The normalized spacial score (nSPS) is 12.5. The topological polar surface area (TPSA) is 0 Å². The van der Waals surface area contributed by atoms with Crippen molar-refractivity contribution in [1.82, 2.24) is 0 Å². The van der Waals surface area contributed by atoms with Crippen molar-refractivity contribution in [3.8, 4) is 0 Å². The highest BCUT2D eigenvalue weighted by Crippen LogP contribution is 2.33. The molecule has 0 heterocycles. The van der Waals surface area contributed by atoms with E-state index < -0.39 is 0 Å². The largest absolute Gasteiger partial charge is 0.207 e. The van der Waals surface area contributed by atoms with Crippen molar-refractivity contribution in [2.75, 3.05) is 0 Å². The van der Waals surface area contributed by atoms with E-state index >= 15 is 0 Å². The van der Waals surface area contributed by atoms with Crippen LogP contribution in [0.15, 0.2) is 42.5 Å². The molecule has 0 nitrogen and oxygen atoms in total. The summed E-state index contributed by atoms with van der Waals surface area (Å²) < 4.78 is 26.7. The summed E-state index contributed by atoms with van der Waals surface area (Å²) in [7, 11) is 0. The Kier molecular flexibility index (Phi) is 3.57. The van der Waals surface area contributed by atoms with Crippen LogP contribution in [0.5, 0.6) is 0 Å². The predicted molar refractivity (Wildman–Crippen MR) is 68.3 cm³/mol. The molecule has 0 bridgehead atoms. The quantitative estimate of drug-likeness (QED) is 0.701. The zero-order valence-corrected chi connectivity index (χ0v) is 10.8. The summed E-state index contributed by atoms with van der Waals surface area (Å²) in [6.07, 6.45) is 0. The Morgan fingerprint density at radius 1 is 1.00 bits per heavy atom. The Hall–Kier alpha value is -1.22. The van der Waals surface area contributed by atoms with Crippen LogP contribution >= 0.6 is 15.9 Å². The van der Waals surface area contributed by atoms with Gasteiger partial charge < -0.3 is 0 Å². The van der Waals surface area contributed by atoms with Gasteiger partial charge in [0.25, 0.3) is 0 Å². The monoisotopic (exact) mass is 296 g/mol. The lowest BCUT2D eigenvalue weighted by Gasteiger charge is -2.12. The van der Waals surface area contributed by atoms with Crippen molar-refractivity contribution in [3.05, 3.63) is 70.8 Å². The first kappa shape index (κ1) is 12.2. The average Bonchev–Trinajstić information content (AvgIpc) is 2.33. The molecule has 0 aliphatic rings. The molecule has 17 heavy (non-hydrogen) atoms.